The molecular weight excluding hydrogens is 338 g/mol. The molecule has 6 aliphatic rings. The molecule has 2 aromatic rings. The maximum absolute atomic E-state index is 12.4. The minimum Gasteiger partial charge on any atom is -0.378 e. The number of fused-ring (bicyclic) bond motifs is 1. The van der Waals surface area contributed by atoms with Crippen molar-refractivity contribution in [2.45, 2.75) is 30.8 Å². The number of aromatic nitrogens is 1. The van der Waals surface area contributed by atoms with Crippen molar-refractivity contribution in [1.29, 1.82) is 0 Å². The van der Waals surface area contributed by atoms with E-state index in [4.69, 9.17) is 4.74 Å². The number of morpholine rings is 1. The molecule has 4 heterocycles. The van der Waals surface area contributed by atoms with Gasteiger partial charge in [-0.3, -0.25) is 4.79 Å². The van der Waals surface area contributed by atoms with E-state index in [0.29, 0.717) is 6.04 Å². The molecule has 4 atom stereocenters. The Labute approximate surface area is 158 Å². The first kappa shape index (κ1) is 15.8. The molecule has 0 spiro atoms. The summed E-state index contributed by atoms with van der Waals surface area (Å²) in [6.45, 7) is 3.17. The summed E-state index contributed by atoms with van der Waals surface area (Å²) < 4.78 is 5.47. The lowest BCUT2D eigenvalue weighted by atomic mass is 9.47. The summed E-state index contributed by atoms with van der Waals surface area (Å²) in [5, 5.41) is 0. The van der Waals surface area contributed by atoms with E-state index in [0.717, 1.165) is 56.1 Å². The summed E-state index contributed by atoms with van der Waals surface area (Å²) in [5.41, 5.74) is 2.66. The van der Waals surface area contributed by atoms with Crippen molar-refractivity contribution in [2.24, 2.45) is 11.8 Å². The zero-order valence-corrected chi connectivity index (χ0v) is 15.4. The van der Waals surface area contributed by atoms with Gasteiger partial charge in [-0.05, 0) is 24.8 Å². The maximum atomic E-state index is 12.4. The van der Waals surface area contributed by atoms with E-state index in [1.165, 1.54) is 18.4 Å². The highest BCUT2D eigenvalue weighted by Crippen LogP contribution is 2.73. The molecule has 6 fully saturated rings. The largest absolute Gasteiger partial charge is 0.378 e. The molecular formula is C22H25N3O2. The highest BCUT2D eigenvalue weighted by atomic mass is 16.5. The van der Waals surface area contributed by atoms with Crippen molar-refractivity contribution >= 4 is 11.5 Å². The van der Waals surface area contributed by atoms with E-state index in [1.807, 2.05) is 0 Å². The van der Waals surface area contributed by atoms with E-state index in [9.17, 15) is 4.79 Å². The molecule has 3 saturated heterocycles. The Morgan fingerprint density at radius 2 is 1.81 bits per heavy atom. The van der Waals surface area contributed by atoms with Crippen LogP contribution in [0, 0.1) is 11.8 Å². The van der Waals surface area contributed by atoms with Gasteiger partial charge in [0.1, 0.15) is 5.82 Å². The number of aromatic amines is 1. The van der Waals surface area contributed by atoms with Crippen molar-refractivity contribution in [3.63, 3.8) is 0 Å². The Bertz CT molecular complexity index is 907. The number of hydrogen-bond acceptors (Lipinski definition) is 4. The Balaban J connectivity index is 1.34. The zero-order valence-electron chi connectivity index (χ0n) is 15.4. The Kier molecular flexibility index (Phi) is 3.28. The summed E-state index contributed by atoms with van der Waals surface area (Å²) in [7, 11) is 0. The molecule has 1 aromatic carbocycles. The quantitative estimate of drug-likeness (QED) is 0.906. The second kappa shape index (κ2) is 5.61. The molecule has 0 amide bonds. The van der Waals surface area contributed by atoms with Gasteiger partial charge in [0.15, 0.2) is 0 Å². The van der Waals surface area contributed by atoms with Crippen molar-refractivity contribution in [1.82, 2.24) is 4.98 Å². The highest BCUT2D eigenvalue weighted by molar-refractivity contribution is 5.65. The van der Waals surface area contributed by atoms with E-state index in [1.54, 1.807) is 6.07 Å². The van der Waals surface area contributed by atoms with Gasteiger partial charge >= 0.3 is 0 Å². The average Bonchev–Trinajstić information content (AvgIpc) is 3.24. The smallest absolute Gasteiger partial charge is 0.251 e. The summed E-state index contributed by atoms with van der Waals surface area (Å²) in [6.07, 6.45) is 3.77. The van der Waals surface area contributed by atoms with Crippen molar-refractivity contribution in [3.8, 4) is 0 Å². The second-order valence-corrected chi connectivity index (χ2v) is 8.49. The number of nitrogens with one attached hydrogen (secondary N) is 1. The first-order valence-electron chi connectivity index (χ1n) is 10.2. The van der Waals surface area contributed by atoms with Crippen LogP contribution in [0.25, 0.3) is 0 Å². The molecule has 3 aliphatic carbocycles. The van der Waals surface area contributed by atoms with Gasteiger partial charge < -0.3 is 19.5 Å². The van der Waals surface area contributed by atoms with E-state index in [2.05, 4.69) is 51.2 Å². The molecule has 4 bridgehead atoms. The molecule has 5 nitrogen and oxygen atoms in total. The lowest BCUT2D eigenvalue weighted by molar-refractivity contribution is -0.0711. The van der Waals surface area contributed by atoms with Gasteiger partial charge in [0.2, 0.25) is 0 Å². The van der Waals surface area contributed by atoms with Gasteiger partial charge in [0, 0.05) is 48.8 Å². The number of rotatable bonds is 4. The standard InChI is InChI=1S/C22H25N3O2/c26-20-13-16(24-8-10-27-11-9-24)12-19(23-20)25-21-17-6-7-18(21)22(17,25)14-15-4-2-1-3-5-15/h1-5,12-13,17-18,21H,6-11,14H2,(H,23,26)/t17-,18?,21?,22+/m1/s1. The van der Waals surface area contributed by atoms with Crippen LogP contribution in [-0.2, 0) is 11.2 Å². The second-order valence-electron chi connectivity index (χ2n) is 8.49. The van der Waals surface area contributed by atoms with E-state index in [-0.39, 0.29) is 11.1 Å². The summed E-state index contributed by atoms with van der Waals surface area (Å²) >= 11 is 0. The van der Waals surface area contributed by atoms with Gasteiger partial charge in [0.25, 0.3) is 5.56 Å². The first-order chi connectivity index (χ1) is 13.3. The minimum absolute atomic E-state index is 0.00231. The SMILES string of the molecule is O=c1cc(N2CCOCC2)cc(N2C3C4CC[C@H]3[C@@]42Cc2ccccc2)[nH]1. The minimum atomic E-state index is 0.00231. The molecule has 1 N–H and O–H groups in total. The fourth-order valence-corrected chi connectivity index (χ4v) is 6.36. The monoisotopic (exact) mass is 363 g/mol. The molecule has 3 aliphatic heterocycles. The fourth-order valence-electron chi connectivity index (χ4n) is 6.36. The third-order valence-electron chi connectivity index (χ3n) is 7.42. The Hall–Kier alpha value is -2.27. The van der Waals surface area contributed by atoms with Gasteiger partial charge in [-0.1, -0.05) is 30.3 Å². The summed E-state index contributed by atoms with van der Waals surface area (Å²) in [6, 6.07) is 15.4. The Morgan fingerprint density at radius 1 is 1.07 bits per heavy atom. The summed E-state index contributed by atoms with van der Waals surface area (Å²) in [4.78, 5) is 20.4. The third-order valence-corrected chi connectivity index (χ3v) is 7.42. The first-order valence-corrected chi connectivity index (χ1v) is 10.2. The molecule has 140 valence electrons. The van der Waals surface area contributed by atoms with Crippen LogP contribution in [0.2, 0.25) is 0 Å². The van der Waals surface area contributed by atoms with Gasteiger partial charge in [0.05, 0.1) is 18.8 Å². The van der Waals surface area contributed by atoms with Crippen LogP contribution >= 0.6 is 0 Å². The number of nitrogens with zero attached hydrogens (tertiary/aromatic N) is 2. The molecule has 5 heteroatoms. The molecule has 0 radical (unpaired) electrons. The normalized spacial score (nSPS) is 33.6. The Morgan fingerprint density at radius 3 is 2.56 bits per heavy atom. The van der Waals surface area contributed by atoms with Crippen LogP contribution in [0.1, 0.15) is 18.4 Å². The van der Waals surface area contributed by atoms with Crippen LogP contribution < -0.4 is 15.4 Å². The van der Waals surface area contributed by atoms with Crippen LogP contribution in [0.3, 0.4) is 0 Å². The van der Waals surface area contributed by atoms with Crippen molar-refractivity contribution < 1.29 is 4.74 Å². The van der Waals surface area contributed by atoms with E-state index >= 15 is 0 Å². The van der Waals surface area contributed by atoms with Crippen LogP contribution in [-0.4, -0.2) is 42.9 Å². The predicted molar refractivity (Wildman–Crippen MR) is 105 cm³/mol. The topological polar surface area (TPSA) is 48.6 Å². The van der Waals surface area contributed by atoms with Crippen molar-refractivity contribution in [2.75, 3.05) is 36.1 Å². The molecule has 3 saturated carbocycles. The third kappa shape index (κ3) is 2.06. The highest BCUT2D eigenvalue weighted by Gasteiger charge is 2.80. The fraction of sp³-hybridized carbons (Fsp3) is 0.500. The van der Waals surface area contributed by atoms with Crippen LogP contribution in [0.15, 0.2) is 47.3 Å². The molecule has 1 aromatic heterocycles. The lowest BCUT2D eigenvalue weighted by Gasteiger charge is -2.78. The number of pyridine rings is 1. The molecule has 2 unspecified atom stereocenters. The number of benzene rings is 1. The number of anilines is 2. The lowest BCUT2D eigenvalue weighted by Crippen LogP contribution is -2.89. The van der Waals surface area contributed by atoms with Crippen LogP contribution in [0.4, 0.5) is 11.5 Å². The van der Waals surface area contributed by atoms with E-state index < -0.39 is 0 Å². The number of ether oxygens (including phenoxy) is 1. The predicted octanol–water partition coefficient (Wildman–Crippen LogP) is 2.42. The van der Waals surface area contributed by atoms with Gasteiger partial charge in [-0.2, -0.15) is 0 Å². The molecule has 27 heavy (non-hydrogen) atoms. The zero-order chi connectivity index (χ0) is 18.0. The number of H-pyrrole nitrogens is 1. The average molecular weight is 363 g/mol. The van der Waals surface area contributed by atoms with Gasteiger partial charge in [-0.25, -0.2) is 0 Å². The molecule has 8 rings (SSSR count). The number of hydrogen-bond donors (Lipinski definition) is 1. The maximum Gasteiger partial charge on any atom is 0.251 e. The van der Waals surface area contributed by atoms with Crippen LogP contribution in [0.5, 0.6) is 0 Å². The van der Waals surface area contributed by atoms with Crippen molar-refractivity contribution in [3.05, 3.63) is 58.4 Å². The summed E-state index contributed by atoms with van der Waals surface area (Å²) in [5.74, 6) is 2.59. The van der Waals surface area contributed by atoms with Gasteiger partial charge in [-0.15, -0.1) is 0 Å².